The van der Waals surface area contributed by atoms with Gasteiger partial charge >= 0.3 is 6.18 Å². The quantitative estimate of drug-likeness (QED) is 0.648. The predicted molar refractivity (Wildman–Crippen MR) is 112 cm³/mol. The molecule has 0 radical (unpaired) electrons. The van der Waals surface area contributed by atoms with Gasteiger partial charge in [-0.05, 0) is 52.2 Å². The van der Waals surface area contributed by atoms with Gasteiger partial charge in [-0.15, -0.1) is 0 Å². The first-order valence-electron chi connectivity index (χ1n) is 9.88. The van der Waals surface area contributed by atoms with Crippen LogP contribution < -0.4 is 11.1 Å². The molecule has 3 rings (SSSR count). The van der Waals surface area contributed by atoms with E-state index in [1.165, 1.54) is 6.07 Å². The number of amides is 1. The van der Waals surface area contributed by atoms with Crippen molar-refractivity contribution in [2.75, 3.05) is 26.0 Å². The van der Waals surface area contributed by atoms with Crippen molar-refractivity contribution in [1.29, 1.82) is 0 Å². The second kappa shape index (κ2) is 9.04. The van der Waals surface area contributed by atoms with Gasteiger partial charge in [0.2, 0.25) is 0 Å². The van der Waals surface area contributed by atoms with Crippen LogP contribution in [0.1, 0.15) is 41.4 Å². The van der Waals surface area contributed by atoms with Crippen molar-refractivity contribution in [2.24, 2.45) is 16.6 Å². The molecule has 8 nitrogen and oxygen atoms in total. The summed E-state index contributed by atoms with van der Waals surface area (Å²) in [5, 5.41) is 7.36. The van der Waals surface area contributed by atoms with Crippen LogP contribution in [0.2, 0.25) is 0 Å². The van der Waals surface area contributed by atoms with Crippen LogP contribution in [0.5, 0.6) is 0 Å². The van der Waals surface area contributed by atoms with Crippen molar-refractivity contribution < 1.29 is 18.0 Å². The third-order valence-corrected chi connectivity index (χ3v) is 5.66. The molecule has 0 aliphatic heterocycles. The Labute approximate surface area is 178 Å². The normalized spacial score (nSPS) is 21.8. The van der Waals surface area contributed by atoms with E-state index in [9.17, 15) is 18.0 Å². The number of nitrogens with two attached hydrogens (primary N) is 1. The van der Waals surface area contributed by atoms with E-state index in [1.54, 1.807) is 10.9 Å². The van der Waals surface area contributed by atoms with Crippen molar-refractivity contribution in [3.8, 4) is 0 Å². The van der Waals surface area contributed by atoms with Crippen LogP contribution in [0, 0.1) is 5.92 Å². The van der Waals surface area contributed by atoms with Crippen LogP contribution in [0.4, 0.5) is 24.7 Å². The van der Waals surface area contributed by atoms with E-state index >= 15 is 0 Å². The standard InChI is InChI=1S/C20H26F3N7O/c1-25-9-12-8-14(29(2)3)5-6-16(12)30-11-15(18(24)31)19(28-30)27-13-4-7-17(26-10-13)20(21,22)23/h4,7,10-12,14,16H,1,5-6,8-9H2,2-3H3,(H2,24,31)(H,27,28)/t12-,14+,16+/m1/s1. The molecule has 2 aromatic heterocycles. The highest BCUT2D eigenvalue weighted by Gasteiger charge is 2.34. The Morgan fingerprint density at radius 3 is 2.68 bits per heavy atom. The number of carbonyl (C=O) groups is 1. The van der Waals surface area contributed by atoms with Crippen molar-refractivity contribution in [3.05, 3.63) is 35.8 Å². The third-order valence-electron chi connectivity index (χ3n) is 5.66. The molecule has 1 saturated carbocycles. The maximum Gasteiger partial charge on any atom is 0.433 e. The van der Waals surface area contributed by atoms with Gasteiger partial charge in [-0.25, -0.2) is 4.98 Å². The number of anilines is 2. The average molecular weight is 437 g/mol. The molecule has 1 aliphatic rings. The first-order valence-corrected chi connectivity index (χ1v) is 9.88. The van der Waals surface area contributed by atoms with E-state index in [4.69, 9.17) is 5.73 Å². The summed E-state index contributed by atoms with van der Waals surface area (Å²) < 4.78 is 39.9. The minimum atomic E-state index is -4.53. The Balaban J connectivity index is 1.86. The number of halogens is 3. The number of primary amides is 1. The minimum absolute atomic E-state index is 0.00100. The summed E-state index contributed by atoms with van der Waals surface area (Å²) in [6.07, 6.45) is 0.803. The van der Waals surface area contributed by atoms with Crippen LogP contribution in [0.15, 0.2) is 29.5 Å². The molecule has 0 aromatic carbocycles. The zero-order chi connectivity index (χ0) is 22.8. The molecule has 168 valence electrons. The van der Waals surface area contributed by atoms with Crippen molar-refractivity contribution >= 4 is 24.1 Å². The highest BCUT2D eigenvalue weighted by molar-refractivity contribution is 5.98. The molecule has 0 bridgehead atoms. The summed E-state index contributed by atoms with van der Waals surface area (Å²) in [5.74, 6) is -0.331. The first-order chi connectivity index (χ1) is 14.6. The monoisotopic (exact) mass is 437 g/mol. The number of hydrogen-bond donors (Lipinski definition) is 2. The van der Waals surface area contributed by atoms with E-state index in [0.717, 1.165) is 31.5 Å². The van der Waals surface area contributed by atoms with Gasteiger partial charge in [-0.2, -0.15) is 18.3 Å². The molecule has 3 atom stereocenters. The lowest BCUT2D eigenvalue weighted by Crippen LogP contribution is -2.39. The van der Waals surface area contributed by atoms with Crippen LogP contribution in [0.25, 0.3) is 0 Å². The van der Waals surface area contributed by atoms with Gasteiger partial charge < -0.3 is 20.9 Å². The number of hydrogen-bond acceptors (Lipinski definition) is 6. The highest BCUT2D eigenvalue weighted by atomic mass is 19.4. The van der Waals surface area contributed by atoms with E-state index in [-0.39, 0.29) is 29.0 Å². The lowest BCUT2D eigenvalue weighted by molar-refractivity contribution is -0.141. The van der Waals surface area contributed by atoms with Gasteiger partial charge in [0.1, 0.15) is 11.3 Å². The second-order valence-corrected chi connectivity index (χ2v) is 7.95. The molecule has 31 heavy (non-hydrogen) atoms. The van der Waals surface area contributed by atoms with Gasteiger partial charge in [-0.3, -0.25) is 9.48 Å². The molecule has 0 spiro atoms. The Bertz CT molecular complexity index is 924. The van der Waals surface area contributed by atoms with Crippen LogP contribution >= 0.6 is 0 Å². The second-order valence-electron chi connectivity index (χ2n) is 7.95. The number of alkyl halides is 3. The summed E-state index contributed by atoms with van der Waals surface area (Å²) in [5.41, 5.74) is 4.93. The van der Waals surface area contributed by atoms with E-state index in [2.05, 4.69) is 32.0 Å². The molecular weight excluding hydrogens is 411 g/mol. The summed E-state index contributed by atoms with van der Waals surface area (Å²) in [4.78, 5) is 21.6. The fraction of sp³-hybridized carbons (Fsp3) is 0.500. The SMILES string of the molecule is C=NC[C@H]1C[C@@H](N(C)C)CC[C@@H]1n1cc(C(N)=O)c(Nc2ccc(C(F)(F)F)nc2)n1. The van der Waals surface area contributed by atoms with Crippen molar-refractivity contribution in [1.82, 2.24) is 19.7 Å². The maximum atomic E-state index is 12.7. The molecule has 2 aromatic rings. The molecule has 2 heterocycles. The van der Waals surface area contributed by atoms with Crippen LogP contribution in [0.3, 0.4) is 0 Å². The van der Waals surface area contributed by atoms with Gasteiger partial charge in [0.15, 0.2) is 5.82 Å². The molecule has 11 heteroatoms. The van der Waals surface area contributed by atoms with Crippen molar-refractivity contribution in [3.63, 3.8) is 0 Å². The molecule has 1 amide bonds. The number of aromatic nitrogens is 3. The summed E-state index contributed by atoms with van der Waals surface area (Å²) >= 11 is 0. The van der Waals surface area contributed by atoms with Crippen molar-refractivity contribution in [2.45, 2.75) is 37.5 Å². The minimum Gasteiger partial charge on any atom is -0.365 e. The van der Waals surface area contributed by atoms with Gasteiger partial charge in [0.05, 0.1) is 17.9 Å². The fourth-order valence-electron chi connectivity index (χ4n) is 4.01. The molecule has 1 fully saturated rings. The molecule has 0 saturated heterocycles. The topological polar surface area (TPSA) is 101 Å². The molecule has 1 aliphatic carbocycles. The summed E-state index contributed by atoms with van der Waals surface area (Å²) in [7, 11) is 4.09. The Hall–Kier alpha value is -2.95. The Kier molecular flexibility index (Phi) is 6.63. The molecule has 0 unspecified atom stereocenters. The molecular formula is C20H26F3N7O. The highest BCUT2D eigenvalue weighted by Crippen LogP contribution is 2.37. The zero-order valence-corrected chi connectivity index (χ0v) is 17.4. The van der Waals surface area contributed by atoms with E-state index < -0.39 is 17.8 Å². The first kappa shape index (κ1) is 22.7. The van der Waals surface area contributed by atoms with E-state index in [1.807, 2.05) is 14.1 Å². The number of rotatable bonds is 7. The van der Waals surface area contributed by atoms with Gasteiger partial charge in [0.25, 0.3) is 5.91 Å². The number of aliphatic imine (C=N–C) groups is 1. The molecule has 3 N–H and O–H groups in total. The zero-order valence-electron chi connectivity index (χ0n) is 17.4. The summed E-state index contributed by atoms with van der Waals surface area (Å²) in [6, 6.07) is 2.51. The lowest BCUT2D eigenvalue weighted by atomic mass is 9.81. The number of carbonyl (C=O) groups excluding carboxylic acids is 1. The largest absolute Gasteiger partial charge is 0.433 e. The predicted octanol–water partition coefficient (Wildman–Crippen LogP) is 3.11. The smallest absolute Gasteiger partial charge is 0.365 e. The van der Waals surface area contributed by atoms with Gasteiger partial charge in [0, 0.05) is 24.7 Å². The number of nitrogens with one attached hydrogen (secondary N) is 1. The van der Waals surface area contributed by atoms with Gasteiger partial charge in [-0.1, -0.05) is 0 Å². The average Bonchev–Trinajstić information content (AvgIpc) is 3.11. The van der Waals surface area contributed by atoms with Crippen LogP contribution in [-0.4, -0.2) is 59.0 Å². The number of pyridine rings is 1. The summed E-state index contributed by atoms with van der Waals surface area (Å²) in [6.45, 7) is 4.18. The third kappa shape index (κ3) is 5.22. The number of nitrogens with zero attached hydrogens (tertiary/aromatic N) is 5. The maximum absolute atomic E-state index is 12.7. The Morgan fingerprint density at radius 1 is 1.39 bits per heavy atom. The van der Waals surface area contributed by atoms with E-state index in [0.29, 0.717) is 12.6 Å². The van der Waals surface area contributed by atoms with Crippen LogP contribution in [-0.2, 0) is 6.18 Å². The fourth-order valence-corrected chi connectivity index (χ4v) is 4.01. The Morgan fingerprint density at radius 2 is 2.13 bits per heavy atom. The lowest BCUT2D eigenvalue weighted by Gasteiger charge is -2.38.